The van der Waals surface area contributed by atoms with Gasteiger partial charge in [0.2, 0.25) is 0 Å². The molecular formula is C77H82O2S2. The van der Waals surface area contributed by atoms with E-state index in [4.69, 9.17) is 8.83 Å². The Balaban J connectivity index is 0.000000175. The first-order chi connectivity index (χ1) is 39.0. The maximum Gasteiger partial charge on any atom is 0.100 e. The molecule has 414 valence electrons. The summed E-state index contributed by atoms with van der Waals surface area (Å²) in [6.45, 7) is 27.3. The molecule has 0 radical (unpaired) electrons. The Kier molecular flexibility index (Phi) is 27.2. The lowest BCUT2D eigenvalue weighted by Crippen LogP contribution is -1.87. The zero-order valence-electron chi connectivity index (χ0n) is 50.0. The van der Waals surface area contributed by atoms with E-state index in [1.165, 1.54) is 111 Å². The van der Waals surface area contributed by atoms with Crippen molar-refractivity contribution in [1.29, 1.82) is 0 Å². The largest absolute Gasteiger partial charge is 0.472 e. The maximum absolute atomic E-state index is 4.83. The summed E-state index contributed by atoms with van der Waals surface area (Å²) < 4.78 is 9.55. The Hall–Kier alpha value is -8.28. The van der Waals surface area contributed by atoms with Crippen molar-refractivity contribution in [3.8, 4) is 44.5 Å². The van der Waals surface area contributed by atoms with E-state index in [2.05, 4.69) is 299 Å². The molecule has 4 heterocycles. The molecule has 12 rings (SSSR count). The first kappa shape index (κ1) is 63.6. The predicted molar refractivity (Wildman–Crippen MR) is 355 cm³/mol. The fraction of sp³-hybridized carbons (Fsp3) is 0.169. The van der Waals surface area contributed by atoms with Gasteiger partial charge in [-0.2, -0.15) is 11.3 Å². The summed E-state index contributed by atoms with van der Waals surface area (Å²) in [5.74, 6) is 0.968. The molecule has 0 spiro atoms. The Morgan fingerprint density at radius 1 is 0.296 bits per heavy atom. The zero-order valence-corrected chi connectivity index (χ0v) is 51.6. The zero-order chi connectivity index (χ0) is 58.4. The third-order valence-corrected chi connectivity index (χ3v) is 14.4. The predicted octanol–water partition coefficient (Wildman–Crippen LogP) is 23.5. The normalized spacial score (nSPS) is 9.79. The molecule has 4 aromatic heterocycles. The van der Waals surface area contributed by atoms with Crippen molar-refractivity contribution < 1.29 is 8.83 Å². The van der Waals surface area contributed by atoms with Crippen LogP contribution in [0.5, 0.6) is 0 Å². The molecule has 0 atom stereocenters. The number of hydrogen-bond donors (Lipinski definition) is 0. The van der Waals surface area contributed by atoms with Gasteiger partial charge in [-0.25, -0.2) is 0 Å². The van der Waals surface area contributed by atoms with E-state index in [-0.39, 0.29) is 0 Å². The van der Waals surface area contributed by atoms with E-state index >= 15 is 0 Å². The lowest BCUT2D eigenvalue weighted by molar-refractivity contribution is 0.534. The number of hydrogen-bond acceptors (Lipinski definition) is 4. The molecule has 0 amide bonds. The van der Waals surface area contributed by atoms with Gasteiger partial charge < -0.3 is 8.83 Å². The van der Waals surface area contributed by atoms with Crippen LogP contribution in [-0.2, 0) is 0 Å². The molecule has 0 saturated carbocycles. The molecule has 4 heteroatoms. The van der Waals surface area contributed by atoms with Crippen LogP contribution in [0.3, 0.4) is 0 Å². The van der Waals surface area contributed by atoms with Crippen LogP contribution in [0.4, 0.5) is 0 Å². The van der Waals surface area contributed by atoms with Gasteiger partial charge in [0.1, 0.15) is 5.76 Å². The Bertz CT molecular complexity index is 3340. The summed E-state index contributed by atoms with van der Waals surface area (Å²) in [4.78, 5) is 1.38. The van der Waals surface area contributed by atoms with Gasteiger partial charge in [0.15, 0.2) is 0 Å². The van der Waals surface area contributed by atoms with Crippen LogP contribution in [0.2, 0.25) is 0 Å². The van der Waals surface area contributed by atoms with Crippen molar-refractivity contribution in [2.75, 3.05) is 0 Å². The van der Waals surface area contributed by atoms with Crippen molar-refractivity contribution in [1.82, 2.24) is 0 Å². The highest BCUT2D eigenvalue weighted by molar-refractivity contribution is 7.09. The van der Waals surface area contributed by atoms with Crippen molar-refractivity contribution in [2.24, 2.45) is 0 Å². The molecule has 0 bridgehead atoms. The minimum Gasteiger partial charge on any atom is -0.472 e. The van der Waals surface area contributed by atoms with Crippen LogP contribution in [0.15, 0.2) is 268 Å². The quantitative estimate of drug-likeness (QED) is 0.176. The Labute approximate surface area is 494 Å². The van der Waals surface area contributed by atoms with Crippen LogP contribution in [0, 0.1) is 90.0 Å². The molecule has 0 unspecified atom stereocenters. The first-order valence-electron chi connectivity index (χ1n) is 27.6. The second-order valence-electron chi connectivity index (χ2n) is 20.3. The second kappa shape index (κ2) is 34.7. The lowest BCUT2D eigenvalue weighted by Gasteiger charge is -2.09. The maximum atomic E-state index is 4.83. The smallest absolute Gasteiger partial charge is 0.100 e. The molecule has 0 aliphatic heterocycles. The molecular weight excluding hydrogens is 1020 g/mol. The standard InChI is InChI=1S/C15H16.3C14H14.2C5H6O.2C5H6S/c1-11-7-9-14(10-8-11)15-12(2)5-4-6-13(15)3;1-11-3-7-13(8-4-11)14-9-5-12(2)6-10-14;1-11-6-8-13(9-7-11)14-5-3-4-12(2)10-14;1-11-7-9-13(10-8-11)14-6-4-3-5-12(14)2;1-5-2-3-6-4-5;1-5-3-2-4-6-5;1-5-2-3-6-4-5;1-5-3-2-4-6-5/h4-10H,1-3H3;3*3-10H,1-2H3;4*2-4H,1H3. The fourth-order valence-electron chi connectivity index (χ4n) is 8.07. The molecule has 0 aliphatic rings. The van der Waals surface area contributed by atoms with Crippen LogP contribution in [0.25, 0.3) is 44.5 Å². The van der Waals surface area contributed by atoms with Gasteiger partial charge in [-0.15, -0.1) is 11.3 Å². The summed E-state index contributed by atoms with van der Waals surface area (Å²) in [6, 6.07) is 78.8. The van der Waals surface area contributed by atoms with Crippen molar-refractivity contribution >= 4 is 22.7 Å². The highest BCUT2D eigenvalue weighted by Crippen LogP contribution is 2.28. The topological polar surface area (TPSA) is 26.3 Å². The van der Waals surface area contributed by atoms with E-state index in [1.54, 1.807) is 41.5 Å². The minimum absolute atomic E-state index is 0.968. The minimum atomic E-state index is 0.968. The van der Waals surface area contributed by atoms with Gasteiger partial charge in [-0.05, 0) is 209 Å². The molecule has 0 N–H and O–H groups in total. The van der Waals surface area contributed by atoms with E-state index in [0.717, 1.165) is 5.76 Å². The van der Waals surface area contributed by atoms with Crippen molar-refractivity contribution in [3.63, 3.8) is 0 Å². The molecule has 81 heavy (non-hydrogen) atoms. The summed E-state index contributed by atoms with van der Waals surface area (Å²) in [7, 11) is 0. The van der Waals surface area contributed by atoms with E-state index in [9.17, 15) is 0 Å². The third-order valence-electron chi connectivity index (χ3n) is 12.8. The molecule has 0 saturated heterocycles. The van der Waals surface area contributed by atoms with Crippen LogP contribution >= 0.6 is 22.7 Å². The average molecular weight is 1100 g/mol. The molecule has 12 aromatic rings. The number of rotatable bonds is 4. The van der Waals surface area contributed by atoms with Crippen molar-refractivity contribution in [2.45, 2.75) is 90.0 Å². The van der Waals surface area contributed by atoms with Crippen LogP contribution in [-0.4, -0.2) is 0 Å². The number of aryl methyl sites for hydroxylation is 13. The molecule has 0 aliphatic carbocycles. The molecule has 0 fully saturated rings. The van der Waals surface area contributed by atoms with Gasteiger partial charge in [0, 0.05) is 4.88 Å². The average Bonchev–Trinajstić information content (AvgIpc) is 4.40. The van der Waals surface area contributed by atoms with Gasteiger partial charge in [0.25, 0.3) is 0 Å². The first-order valence-corrected chi connectivity index (χ1v) is 29.4. The van der Waals surface area contributed by atoms with Gasteiger partial charge in [0.05, 0.1) is 18.8 Å². The number of thiophene rings is 2. The Morgan fingerprint density at radius 2 is 0.778 bits per heavy atom. The fourth-order valence-corrected chi connectivity index (χ4v) is 9.26. The second-order valence-corrected chi connectivity index (χ2v) is 22.3. The summed E-state index contributed by atoms with van der Waals surface area (Å²) in [5, 5.41) is 6.28. The SMILES string of the molecule is Cc1ccc(-c2c(C)cccc2C)cc1.Cc1ccc(-c2ccc(C)cc2)cc1.Cc1ccc(-c2cccc(C)c2)cc1.Cc1ccc(-c2ccccc2C)cc1.Cc1ccco1.Cc1cccs1.Cc1ccoc1.Cc1ccsc1. The Morgan fingerprint density at radius 3 is 1.11 bits per heavy atom. The van der Waals surface area contributed by atoms with Crippen molar-refractivity contribution in [3.05, 3.63) is 331 Å². The summed E-state index contributed by atoms with van der Waals surface area (Å²) in [5.41, 5.74) is 24.9. The van der Waals surface area contributed by atoms with E-state index in [0.29, 0.717) is 0 Å². The number of furan rings is 2. The monoisotopic (exact) mass is 1100 g/mol. The molecule has 8 aromatic carbocycles. The van der Waals surface area contributed by atoms with Gasteiger partial charge in [-0.1, -0.05) is 228 Å². The van der Waals surface area contributed by atoms with Gasteiger partial charge >= 0.3 is 0 Å². The lowest BCUT2D eigenvalue weighted by atomic mass is 9.95. The highest BCUT2D eigenvalue weighted by Gasteiger charge is 2.04. The van der Waals surface area contributed by atoms with Crippen LogP contribution in [0.1, 0.15) is 71.8 Å². The number of benzene rings is 8. The van der Waals surface area contributed by atoms with E-state index < -0.39 is 0 Å². The van der Waals surface area contributed by atoms with Gasteiger partial charge in [-0.3, -0.25) is 0 Å². The van der Waals surface area contributed by atoms with E-state index in [1.807, 2.05) is 32.0 Å². The highest BCUT2D eigenvalue weighted by atomic mass is 32.1. The summed E-state index contributed by atoms with van der Waals surface area (Å²) >= 11 is 3.52. The summed E-state index contributed by atoms with van der Waals surface area (Å²) in [6.07, 6.45) is 5.03. The molecule has 2 nitrogen and oxygen atoms in total. The van der Waals surface area contributed by atoms with Crippen LogP contribution < -0.4 is 0 Å². The third kappa shape index (κ3) is 23.9.